The number of carboxylic acid groups (broad SMARTS) is 1. The number of fused-ring (bicyclic) bond motifs is 1. The lowest BCUT2D eigenvalue weighted by molar-refractivity contribution is 0.0448. The summed E-state index contributed by atoms with van der Waals surface area (Å²) >= 11 is 0. The lowest BCUT2D eigenvalue weighted by Gasteiger charge is -2.39. The molecule has 1 aromatic carbocycles. The number of carbonyl (C=O) groups is 2. The predicted octanol–water partition coefficient (Wildman–Crippen LogP) is 3.41. The molecular formula is C22H32N4O4. The number of hydrogen-bond acceptors (Lipinski definition) is 4. The Balaban J connectivity index is 1.72. The minimum atomic E-state index is -0.996. The summed E-state index contributed by atoms with van der Waals surface area (Å²) in [6.45, 7) is 7.72. The fraction of sp³-hybridized carbons (Fsp3) is 0.591. The van der Waals surface area contributed by atoms with Gasteiger partial charge in [0.05, 0.1) is 11.1 Å². The molecule has 1 aliphatic rings. The van der Waals surface area contributed by atoms with Crippen molar-refractivity contribution in [2.75, 3.05) is 6.54 Å². The zero-order valence-corrected chi connectivity index (χ0v) is 18.1. The van der Waals surface area contributed by atoms with Crippen LogP contribution < -0.4 is 5.32 Å². The Bertz CT molecular complexity index is 915. The molecule has 0 aliphatic carbocycles. The van der Waals surface area contributed by atoms with Crippen LogP contribution in [0.2, 0.25) is 0 Å². The highest BCUT2D eigenvalue weighted by molar-refractivity contribution is 6.05. The van der Waals surface area contributed by atoms with Gasteiger partial charge in [0, 0.05) is 30.1 Å². The van der Waals surface area contributed by atoms with Crippen LogP contribution in [-0.4, -0.2) is 61.1 Å². The number of piperidine rings is 1. The van der Waals surface area contributed by atoms with Gasteiger partial charge in [-0.25, -0.2) is 4.79 Å². The van der Waals surface area contributed by atoms with Crippen molar-refractivity contribution in [1.29, 1.82) is 0 Å². The number of nitrogens with zero attached hydrogens (tertiary/aromatic N) is 3. The minimum Gasteiger partial charge on any atom is -0.465 e. The Morgan fingerprint density at radius 1 is 1.27 bits per heavy atom. The van der Waals surface area contributed by atoms with Gasteiger partial charge in [-0.1, -0.05) is 18.2 Å². The van der Waals surface area contributed by atoms with Gasteiger partial charge in [0.25, 0.3) is 5.91 Å². The lowest BCUT2D eigenvalue weighted by atomic mass is 9.91. The van der Waals surface area contributed by atoms with Gasteiger partial charge in [0.15, 0.2) is 5.69 Å². The van der Waals surface area contributed by atoms with E-state index >= 15 is 0 Å². The number of hydrogen-bond donors (Lipinski definition) is 3. The second-order valence-electron chi connectivity index (χ2n) is 9.09. The van der Waals surface area contributed by atoms with Crippen molar-refractivity contribution in [2.24, 2.45) is 0 Å². The molecule has 3 rings (SSSR count). The summed E-state index contributed by atoms with van der Waals surface area (Å²) in [7, 11) is 0. The van der Waals surface area contributed by atoms with Gasteiger partial charge in [-0.2, -0.15) is 5.10 Å². The molecule has 3 N–H and O–H groups in total. The Morgan fingerprint density at radius 2 is 1.97 bits per heavy atom. The first kappa shape index (κ1) is 22.1. The van der Waals surface area contributed by atoms with Crippen LogP contribution in [-0.2, 0) is 0 Å². The maximum absolute atomic E-state index is 13.0. The molecule has 30 heavy (non-hydrogen) atoms. The van der Waals surface area contributed by atoms with Gasteiger partial charge in [0.1, 0.15) is 0 Å². The van der Waals surface area contributed by atoms with Crippen molar-refractivity contribution in [3.63, 3.8) is 0 Å². The normalized spacial score (nSPS) is 20.0. The maximum atomic E-state index is 13.0. The third-order valence-electron chi connectivity index (χ3n) is 5.69. The van der Waals surface area contributed by atoms with E-state index in [-0.39, 0.29) is 30.6 Å². The van der Waals surface area contributed by atoms with E-state index in [9.17, 15) is 19.8 Å². The van der Waals surface area contributed by atoms with E-state index in [1.165, 1.54) is 4.90 Å². The third kappa shape index (κ3) is 4.92. The zero-order valence-electron chi connectivity index (χ0n) is 18.1. The number of benzene rings is 1. The van der Waals surface area contributed by atoms with Crippen molar-refractivity contribution < 1.29 is 19.8 Å². The standard InChI is InChI=1S/C22H32N4O4/c1-14(2)26-18-8-6-5-7-17(18)19(24-26)20(27)23-15-9-10-16(11-12-22(3,4)30)25(13-15)21(28)29/h5-8,14-16,30H,9-13H2,1-4H3,(H,23,27)(H,28,29)/t15-,16-/m1/s1. The molecule has 1 fully saturated rings. The van der Waals surface area contributed by atoms with Gasteiger partial charge in [0.2, 0.25) is 0 Å². The molecular weight excluding hydrogens is 384 g/mol. The highest BCUT2D eigenvalue weighted by Gasteiger charge is 2.33. The molecule has 8 nitrogen and oxygen atoms in total. The predicted molar refractivity (Wildman–Crippen MR) is 115 cm³/mol. The summed E-state index contributed by atoms with van der Waals surface area (Å²) in [5.41, 5.74) is 0.441. The molecule has 0 unspecified atom stereocenters. The summed E-state index contributed by atoms with van der Waals surface area (Å²) in [6.07, 6.45) is 1.46. The average molecular weight is 417 g/mol. The quantitative estimate of drug-likeness (QED) is 0.669. The summed E-state index contributed by atoms with van der Waals surface area (Å²) in [4.78, 5) is 26.2. The molecule has 8 heteroatoms. The number of aliphatic hydroxyl groups is 1. The number of likely N-dealkylation sites (tertiary alicyclic amines) is 1. The van der Waals surface area contributed by atoms with Crippen LogP contribution >= 0.6 is 0 Å². The number of para-hydroxylation sites is 1. The molecule has 2 aromatic rings. The van der Waals surface area contributed by atoms with Crippen LogP contribution in [0.25, 0.3) is 10.9 Å². The molecule has 2 amide bonds. The topological polar surface area (TPSA) is 108 Å². The SMILES string of the molecule is CC(C)n1nc(C(=O)N[C@@H]2CC[C@H](CCC(C)(C)O)N(C(=O)O)C2)c2ccccc21. The third-order valence-corrected chi connectivity index (χ3v) is 5.69. The first-order chi connectivity index (χ1) is 14.1. The van der Waals surface area contributed by atoms with E-state index in [1.807, 2.05) is 42.8 Å². The van der Waals surface area contributed by atoms with E-state index in [4.69, 9.17) is 0 Å². The summed E-state index contributed by atoms with van der Waals surface area (Å²) in [5, 5.41) is 27.9. The molecule has 0 saturated carbocycles. The van der Waals surface area contributed by atoms with E-state index in [0.717, 1.165) is 10.9 Å². The van der Waals surface area contributed by atoms with Crippen LogP contribution in [0.4, 0.5) is 4.79 Å². The number of carbonyl (C=O) groups excluding carboxylic acids is 1. The van der Waals surface area contributed by atoms with Crippen LogP contribution in [0.5, 0.6) is 0 Å². The first-order valence-electron chi connectivity index (χ1n) is 10.6. The molecule has 2 atom stereocenters. The van der Waals surface area contributed by atoms with Crippen molar-refractivity contribution in [3.05, 3.63) is 30.0 Å². The van der Waals surface area contributed by atoms with Gasteiger partial charge in [-0.3, -0.25) is 9.48 Å². The zero-order chi connectivity index (χ0) is 22.1. The van der Waals surface area contributed by atoms with Crippen molar-refractivity contribution in [3.8, 4) is 0 Å². The van der Waals surface area contributed by atoms with E-state index < -0.39 is 11.7 Å². The second kappa shape index (κ2) is 8.63. The van der Waals surface area contributed by atoms with Gasteiger partial charge < -0.3 is 20.4 Å². The minimum absolute atomic E-state index is 0.116. The van der Waals surface area contributed by atoms with Crippen molar-refractivity contribution in [2.45, 2.75) is 77.1 Å². The summed E-state index contributed by atoms with van der Waals surface area (Å²) < 4.78 is 1.83. The fourth-order valence-corrected chi connectivity index (χ4v) is 4.10. The highest BCUT2D eigenvalue weighted by Crippen LogP contribution is 2.26. The second-order valence-corrected chi connectivity index (χ2v) is 9.09. The Labute approximate surface area is 176 Å². The summed E-state index contributed by atoms with van der Waals surface area (Å²) in [5.74, 6) is -0.282. The smallest absolute Gasteiger partial charge is 0.407 e. The molecule has 1 aliphatic heterocycles. The monoisotopic (exact) mass is 416 g/mol. The molecule has 164 valence electrons. The molecule has 1 aromatic heterocycles. The molecule has 0 bridgehead atoms. The number of aromatic nitrogens is 2. The van der Waals surface area contributed by atoms with Crippen molar-refractivity contribution >= 4 is 22.9 Å². The van der Waals surface area contributed by atoms with Crippen LogP contribution in [0, 0.1) is 0 Å². The Kier molecular flexibility index (Phi) is 6.36. The van der Waals surface area contributed by atoms with Crippen LogP contribution in [0.15, 0.2) is 24.3 Å². The Morgan fingerprint density at radius 3 is 2.60 bits per heavy atom. The number of rotatable bonds is 6. The number of nitrogens with one attached hydrogen (secondary N) is 1. The Hall–Kier alpha value is -2.61. The highest BCUT2D eigenvalue weighted by atomic mass is 16.4. The molecule has 2 heterocycles. The lowest BCUT2D eigenvalue weighted by Crippen LogP contribution is -2.53. The van der Waals surface area contributed by atoms with E-state index in [2.05, 4.69) is 10.4 Å². The molecule has 1 saturated heterocycles. The maximum Gasteiger partial charge on any atom is 0.407 e. The van der Waals surface area contributed by atoms with Crippen molar-refractivity contribution in [1.82, 2.24) is 20.0 Å². The fourth-order valence-electron chi connectivity index (χ4n) is 4.10. The summed E-state index contributed by atoms with van der Waals surface area (Å²) in [6, 6.07) is 7.32. The number of amides is 2. The molecule has 0 radical (unpaired) electrons. The first-order valence-corrected chi connectivity index (χ1v) is 10.6. The van der Waals surface area contributed by atoms with E-state index in [0.29, 0.717) is 31.4 Å². The average Bonchev–Trinajstić information content (AvgIpc) is 3.06. The van der Waals surface area contributed by atoms with E-state index in [1.54, 1.807) is 13.8 Å². The van der Waals surface area contributed by atoms with Gasteiger partial charge in [-0.05, 0) is 59.4 Å². The van der Waals surface area contributed by atoms with Gasteiger partial charge >= 0.3 is 6.09 Å². The molecule has 0 spiro atoms. The van der Waals surface area contributed by atoms with Crippen LogP contribution in [0.3, 0.4) is 0 Å². The van der Waals surface area contributed by atoms with Crippen LogP contribution in [0.1, 0.15) is 69.9 Å². The largest absolute Gasteiger partial charge is 0.465 e. The van der Waals surface area contributed by atoms with Gasteiger partial charge in [-0.15, -0.1) is 0 Å².